The smallest absolute Gasteiger partial charge is 0.377 e. The highest BCUT2D eigenvalue weighted by Crippen LogP contribution is 2.34. The Labute approximate surface area is 143 Å². The Morgan fingerprint density at radius 2 is 1.79 bits per heavy atom. The molecule has 128 valence electrons. The third kappa shape index (κ3) is 4.00. The molecule has 2 aromatic rings. The van der Waals surface area contributed by atoms with Gasteiger partial charge in [-0.25, -0.2) is 0 Å². The molecule has 0 aromatic heterocycles. The topological polar surface area (TPSA) is 32.3 Å². The molecule has 1 N–H and O–H groups in total. The fourth-order valence-corrected chi connectivity index (χ4v) is 2.46. The van der Waals surface area contributed by atoms with Crippen molar-refractivity contribution >= 4 is 28.9 Å². The number of hydrogen-bond acceptors (Lipinski definition) is 2. The number of halogens is 4. The fourth-order valence-electron chi connectivity index (χ4n) is 2.29. The summed E-state index contributed by atoms with van der Waals surface area (Å²) in [6, 6.07) is 7.86. The lowest BCUT2D eigenvalue weighted by molar-refractivity contribution is -0.137. The number of aryl methyl sites for hydroxylation is 1. The Morgan fingerprint density at radius 1 is 1.12 bits per heavy atom. The standard InChI is InChI=1S/C17H16ClF3N2O/c1-10-8-11(4-7-15(10)23(2)3)16(24)22-14-9-12(17(19,20)21)5-6-13(14)18/h4-9H,1-3H3,(H,22,24). The van der Waals surface area contributed by atoms with Gasteiger partial charge in [0.05, 0.1) is 16.3 Å². The minimum absolute atomic E-state index is 0.0398. The van der Waals surface area contributed by atoms with Gasteiger partial charge < -0.3 is 10.2 Å². The van der Waals surface area contributed by atoms with E-state index in [1.807, 2.05) is 25.9 Å². The second-order valence-corrected chi connectivity index (χ2v) is 5.95. The van der Waals surface area contributed by atoms with Crippen molar-refractivity contribution in [3.05, 3.63) is 58.1 Å². The molecule has 1 amide bonds. The van der Waals surface area contributed by atoms with Crippen LogP contribution in [-0.4, -0.2) is 20.0 Å². The molecule has 0 saturated carbocycles. The molecule has 0 aliphatic rings. The molecular weight excluding hydrogens is 341 g/mol. The van der Waals surface area contributed by atoms with Crippen LogP contribution in [0, 0.1) is 6.92 Å². The normalized spacial score (nSPS) is 11.3. The first-order chi connectivity index (χ1) is 11.1. The van der Waals surface area contributed by atoms with Crippen molar-refractivity contribution in [1.82, 2.24) is 0 Å². The predicted octanol–water partition coefficient (Wildman–Crippen LogP) is 4.99. The zero-order valence-electron chi connectivity index (χ0n) is 13.3. The molecule has 0 saturated heterocycles. The molecule has 0 aliphatic carbocycles. The SMILES string of the molecule is Cc1cc(C(=O)Nc2cc(C(F)(F)F)ccc2Cl)ccc1N(C)C. The second kappa shape index (κ2) is 6.73. The lowest BCUT2D eigenvalue weighted by Gasteiger charge is -2.16. The molecule has 2 rings (SSSR count). The van der Waals surface area contributed by atoms with Crippen LogP contribution in [0.4, 0.5) is 24.5 Å². The number of hydrogen-bond donors (Lipinski definition) is 1. The van der Waals surface area contributed by atoms with E-state index in [2.05, 4.69) is 5.32 Å². The summed E-state index contributed by atoms with van der Waals surface area (Å²) in [6.07, 6.45) is -4.51. The van der Waals surface area contributed by atoms with E-state index >= 15 is 0 Å². The van der Waals surface area contributed by atoms with Crippen LogP contribution in [0.15, 0.2) is 36.4 Å². The first-order valence-electron chi connectivity index (χ1n) is 7.05. The molecule has 0 spiro atoms. The zero-order chi connectivity index (χ0) is 18.1. The molecule has 0 radical (unpaired) electrons. The Bertz CT molecular complexity index is 773. The highest BCUT2D eigenvalue weighted by Gasteiger charge is 2.31. The van der Waals surface area contributed by atoms with E-state index in [9.17, 15) is 18.0 Å². The summed E-state index contributed by atoms with van der Waals surface area (Å²) in [5, 5.41) is 2.47. The number of nitrogens with zero attached hydrogens (tertiary/aromatic N) is 1. The van der Waals surface area contributed by atoms with E-state index in [0.29, 0.717) is 5.56 Å². The van der Waals surface area contributed by atoms with Gasteiger partial charge in [-0.3, -0.25) is 4.79 Å². The number of nitrogens with one attached hydrogen (secondary N) is 1. The van der Waals surface area contributed by atoms with Gasteiger partial charge in [0.25, 0.3) is 5.91 Å². The third-order valence-corrected chi connectivity index (χ3v) is 3.81. The van der Waals surface area contributed by atoms with E-state index in [4.69, 9.17) is 11.6 Å². The zero-order valence-corrected chi connectivity index (χ0v) is 14.1. The highest BCUT2D eigenvalue weighted by atomic mass is 35.5. The Hall–Kier alpha value is -2.21. The Balaban J connectivity index is 2.28. The molecule has 0 unspecified atom stereocenters. The van der Waals surface area contributed by atoms with Gasteiger partial charge in [0.1, 0.15) is 0 Å². The average molecular weight is 357 g/mol. The molecule has 7 heteroatoms. The molecule has 2 aromatic carbocycles. The van der Waals surface area contributed by atoms with Crippen LogP contribution >= 0.6 is 11.6 Å². The summed E-state index contributed by atoms with van der Waals surface area (Å²) >= 11 is 5.89. The molecule has 0 fully saturated rings. The van der Waals surface area contributed by atoms with Gasteiger partial charge >= 0.3 is 6.18 Å². The maximum Gasteiger partial charge on any atom is 0.416 e. The van der Waals surface area contributed by atoms with E-state index in [0.717, 1.165) is 29.4 Å². The van der Waals surface area contributed by atoms with E-state index < -0.39 is 17.6 Å². The van der Waals surface area contributed by atoms with Crippen molar-refractivity contribution < 1.29 is 18.0 Å². The third-order valence-electron chi connectivity index (χ3n) is 3.48. The number of carbonyl (C=O) groups excluding carboxylic acids is 1. The lowest BCUT2D eigenvalue weighted by atomic mass is 10.1. The average Bonchev–Trinajstić information content (AvgIpc) is 2.47. The van der Waals surface area contributed by atoms with Crippen LogP contribution in [-0.2, 0) is 6.18 Å². The van der Waals surface area contributed by atoms with Crippen LogP contribution in [0.1, 0.15) is 21.5 Å². The van der Waals surface area contributed by atoms with E-state index in [-0.39, 0.29) is 10.7 Å². The number of alkyl halides is 3. The highest BCUT2D eigenvalue weighted by molar-refractivity contribution is 6.34. The minimum Gasteiger partial charge on any atom is -0.377 e. The lowest BCUT2D eigenvalue weighted by Crippen LogP contribution is -2.15. The van der Waals surface area contributed by atoms with E-state index in [1.54, 1.807) is 18.2 Å². The van der Waals surface area contributed by atoms with Crippen LogP contribution < -0.4 is 10.2 Å². The summed E-state index contributed by atoms with van der Waals surface area (Å²) in [7, 11) is 3.76. The first-order valence-corrected chi connectivity index (χ1v) is 7.43. The van der Waals surface area contributed by atoms with Gasteiger partial charge in [-0.15, -0.1) is 0 Å². The monoisotopic (exact) mass is 356 g/mol. The van der Waals surface area contributed by atoms with Gasteiger partial charge in [0, 0.05) is 25.3 Å². The molecule has 0 aliphatic heterocycles. The second-order valence-electron chi connectivity index (χ2n) is 5.54. The van der Waals surface area contributed by atoms with Crippen LogP contribution in [0.25, 0.3) is 0 Å². The fraction of sp³-hybridized carbons (Fsp3) is 0.235. The molecule has 0 atom stereocenters. The van der Waals surface area contributed by atoms with Crippen molar-refractivity contribution in [3.8, 4) is 0 Å². The quantitative estimate of drug-likeness (QED) is 0.840. The van der Waals surface area contributed by atoms with Gasteiger partial charge in [-0.2, -0.15) is 13.2 Å². The largest absolute Gasteiger partial charge is 0.416 e. The Morgan fingerprint density at radius 3 is 2.33 bits per heavy atom. The summed E-state index contributed by atoms with van der Waals surface area (Å²) in [5.74, 6) is -0.523. The number of anilines is 2. The van der Waals surface area contributed by atoms with Crippen molar-refractivity contribution in [2.45, 2.75) is 13.1 Å². The number of amides is 1. The van der Waals surface area contributed by atoms with Crippen LogP contribution in [0.2, 0.25) is 5.02 Å². The van der Waals surface area contributed by atoms with E-state index in [1.165, 1.54) is 0 Å². The molecule has 24 heavy (non-hydrogen) atoms. The van der Waals surface area contributed by atoms with Crippen LogP contribution in [0.3, 0.4) is 0 Å². The predicted molar refractivity (Wildman–Crippen MR) is 89.9 cm³/mol. The van der Waals surface area contributed by atoms with Crippen LogP contribution in [0.5, 0.6) is 0 Å². The van der Waals surface area contributed by atoms with Gasteiger partial charge in [-0.05, 0) is 48.9 Å². The van der Waals surface area contributed by atoms with Crippen molar-refractivity contribution in [2.75, 3.05) is 24.3 Å². The first kappa shape index (κ1) is 18.1. The molecule has 3 nitrogen and oxygen atoms in total. The van der Waals surface area contributed by atoms with Gasteiger partial charge in [0.15, 0.2) is 0 Å². The number of benzene rings is 2. The summed E-state index contributed by atoms with van der Waals surface area (Å²) in [6.45, 7) is 1.85. The minimum atomic E-state index is -4.51. The molecule has 0 bridgehead atoms. The maximum absolute atomic E-state index is 12.8. The molecule has 0 heterocycles. The van der Waals surface area contributed by atoms with Crippen molar-refractivity contribution in [1.29, 1.82) is 0 Å². The van der Waals surface area contributed by atoms with Gasteiger partial charge in [-0.1, -0.05) is 11.6 Å². The van der Waals surface area contributed by atoms with Gasteiger partial charge in [0.2, 0.25) is 0 Å². The number of rotatable bonds is 3. The molecular formula is C17H16ClF3N2O. The number of carbonyl (C=O) groups is 1. The summed E-state index contributed by atoms with van der Waals surface area (Å²) < 4.78 is 38.3. The Kier molecular flexibility index (Phi) is 5.08. The van der Waals surface area contributed by atoms with Crippen molar-refractivity contribution in [2.24, 2.45) is 0 Å². The van der Waals surface area contributed by atoms with Crippen molar-refractivity contribution in [3.63, 3.8) is 0 Å². The maximum atomic E-state index is 12.8. The summed E-state index contributed by atoms with van der Waals surface area (Å²) in [5.41, 5.74) is 1.21. The summed E-state index contributed by atoms with van der Waals surface area (Å²) in [4.78, 5) is 14.2.